The molecule has 2 N–H and O–H groups in total. The molecule has 0 aliphatic rings. The zero-order valence-corrected chi connectivity index (χ0v) is 23.9. The maximum atomic E-state index is 13.5. The van der Waals surface area contributed by atoms with E-state index in [2.05, 4.69) is 33.7 Å². The second-order valence-electron chi connectivity index (χ2n) is 9.93. The van der Waals surface area contributed by atoms with Gasteiger partial charge in [-0.3, -0.25) is 9.58 Å². The van der Waals surface area contributed by atoms with Crippen LogP contribution in [0.2, 0.25) is 0 Å². The lowest BCUT2D eigenvalue weighted by Crippen LogP contribution is -2.40. The third-order valence-electron chi connectivity index (χ3n) is 6.86. The number of aryl methyl sites for hydroxylation is 1. The number of hydrogen-bond donors (Lipinski definition) is 2. The Balaban J connectivity index is 1.45. The molecule has 212 valence electrons. The van der Waals surface area contributed by atoms with Crippen molar-refractivity contribution in [1.29, 1.82) is 5.26 Å². The van der Waals surface area contributed by atoms with Gasteiger partial charge in [0, 0.05) is 49.8 Å². The number of anilines is 2. The molecule has 2 aromatic carbocycles. The first-order chi connectivity index (χ1) is 20.0. The van der Waals surface area contributed by atoms with Crippen LogP contribution in [0, 0.1) is 11.3 Å². The number of nitrogens with zero attached hydrogens (tertiary/aromatic N) is 5. The van der Waals surface area contributed by atoms with E-state index in [-0.39, 0.29) is 12.1 Å². The molecule has 0 saturated heterocycles. The van der Waals surface area contributed by atoms with Crippen molar-refractivity contribution in [2.45, 2.75) is 45.2 Å². The summed E-state index contributed by atoms with van der Waals surface area (Å²) in [5.41, 5.74) is 4.40. The molecule has 41 heavy (non-hydrogen) atoms. The zero-order valence-electron chi connectivity index (χ0n) is 23.9. The smallest absolute Gasteiger partial charge is 0.322 e. The summed E-state index contributed by atoms with van der Waals surface area (Å²) in [6, 6.07) is 21.4. The van der Waals surface area contributed by atoms with E-state index in [9.17, 15) is 4.79 Å². The van der Waals surface area contributed by atoms with E-state index >= 15 is 0 Å². The Labute approximate surface area is 241 Å². The summed E-state index contributed by atoms with van der Waals surface area (Å²) in [5, 5.41) is 19.9. The second-order valence-corrected chi connectivity index (χ2v) is 9.93. The molecule has 0 aliphatic heterocycles. The van der Waals surface area contributed by atoms with Crippen LogP contribution in [0.3, 0.4) is 0 Å². The van der Waals surface area contributed by atoms with Gasteiger partial charge in [0.25, 0.3) is 0 Å². The minimum absolute atomic E-state index is 0.157. The van der Waals surface area contributed by atoms with E-state index in [1.54, 1.807) is 29.0 Å². The fraction of sp³-hybridized carbons (Fsp3) is 0.312. The number of amides is 2. The summed E-state index contributed by atoms with van der Waals surface area (Å²) in [5.74, 6) is 1.51. The average Bonchev–Trinajstić information content (AvgIpc) is 3.45. The normalized spacial score (nSPS) is 11.4. The maximum absolute atomic E-state index is 13.5. The highest BCUT2D eigenvalue weighted by Crippen LogP contribution is 2.24. The van der Waals surface area contributed by atoms with Crippen LogP contribution < -0.4 is 20.3 Å². The molecule has 0 saturated carbocycles. The van der Waals surface area contributed by atoms with Gasteiger partial charge in [0.15, 0.2) is 0 Å². The van der Waals surface area contributed by atoms with Crippen molar-refractivity contribution in [2.75, 3.05) is 23.9 Å². The molecular weight excluding hydrogens is 514 g/mol. The first kappa shape index (κ1) is 29.2. The maximum Gasteiger partial charge on any atom is 0.322 e. The number of nitrogens with one attached hydrogen (secondary N) is 2. The Bertz CT molecular complexity index is 1440. The molecule has 0 unspecified atom stereocenters. The minimum atomic E-state index is -0.157. The van der Waals surface area contributed by atoms with Gasteiger partial charge >= 0.3 is 6.03 Å². The van der Waals surface area contributed by atoms with E-state index in [0.29, 0.717) is 18.7 Å². The monoisotopic (exact) mass is 551 g/mol. The van der Waals surface area contributed by atoms with Crippen molar-refractivity contribution >= 4 is 17.5 Å². The molecule has 2 heterocycles. The van der Waals surface area contributed by atoms with Crippen molar-refractivity contribution in [1.82, 2.24) is 20.1 Å². The fourth-order valence-corrected chi connectivity index (χ4v) is 4.70. The highest BCUT2D eigenvalue weighted by molar-refractivity contribution is 5.92. The summed E-state index contributed by atoms with van der Waals surface area (Å²) in [7, 11) is 3.52. The number of carbonyl (C=O) groups excluding carboxylic acids is 1. The molecule has 0 aliphatic carbocycles. The Morgan fingerprint density at radius 3 is 2.59 bits per heavy atom. The number of urea groups is 1. The zero-order chi connectivity index (χ0) is 29.0. The van der Waals surface area contributed by atoms with E-state index in [1.807, 2.05) is 74.0 Å². The summed E-state index contributed by atoms with van der Waals surface area (Å²) in [4.78, 5) is 19.7. The highest BCUT2D eigenvalue weighted by Gasteiger charge is 2.17. The van der Waals surface area contributed by atoms with Gasteiger partial charge in [0.05, 0.1) is 18.9 Å². The molecule has 4 aromatic rings. The molecule has 4 rings (SSSR count). The van der Waals surface area contributed by atoms with Crippen molar-refractivity contribution in [2.24, 2.45) is 7.05 Å². The SMILES string of the molecule is CCC[C@@H](CCCN(C(=O)NCc1cccc(OC)c1)c1ccc(-c2cnn(C)c2)cc1)Nc1ccc(C#N)cn1. The second kappa shape index (κ2) is 14.5. The van der Waals surface area contributed by atoms with Gasteiger partial charge in [-0.2, -0.15) is 10.4 Å². The first-order valence-corrected chi connectivity index (χ1v) is 13.9. The average molecular weight is 552 g/mol. The van der Waals surface area contributed by atoms with E-state index in [1.165, 1.54) is 0 Å². The number of rotatable bonds is 13. The molecule has 9 nitrogen and oxygen atoms in total. The molecule has 2 aromatic heterocycles. The van der Waals surface area contributed by atoms with Crippen LogP contribution in [0.25, 0.3) is 11.1 Å². The molecule has 0 fully saturated rings. The van der Waals surface area contributed by atoms with Crippen molar-refractivity contribution in [3.8, 4) is 22.9 Å². The number of aromatic nitrogens is 3. The number of nitriles is 1. The number of pyridine rings is 1. The molecule has 1 atom stereocenters. The van der Waals surface area contributed by atoms with Crippen LogP contribution >= 0.6 is 0 Å². The number of ether oxygens (including phenoxy) is 1. The van der Waals surface area contributed by atoms with Gasteiger partial charge < -0.3 is 15.4 Å². The quantitative estimate of drug-likeness (QED) is 0.207. The van der Waals surface area contributed by atoms with Gasteiger partial charge in [0.1, 0.15) is 17.6 Å². The third kappa shape index (κ3) is 8.32. The lowest BCUT2D eigenvalue weighted by Gasteiger charge is -2.25. The Morgan fingerprint density at radius 2 is 1.93 bits per heavy atom. The van der Waals surface area contributed by atoms with Gasteiger partial charge in [-0.05, 0) is 66.8 Å². The largest absolute Gasteiger partial charge is 0.497 e. The number of benzene rings is 2. The molecule has 0 spiro atoms. The van der Waals surface area contributed by atoms with Gasteiger partial charge in [-0.1, -0.05) is 37.6 Å². The van der Waals surface area contributed by atoms with Crippen LogP contribution in [0.15, 0.2) is 79.3 Å². The van der Waals surface area contributed by atoms with E-state index in [0.717, 1.165) is 59.6 Å². The van der Waals surface area contributed by atoms with Crippen LogP contribution in [0.4, 0.5) is 16.3 Å². The molecule has 2 amide bonds. The Hall–Kier alpha value is -4.84. The van der Waals surface area contributed by atoms with Crippen LogP contribution in [-0.4, -0.2) is 40.5 Å². The van der Waals surface area contributed by atoms with Crippen molar-refractivity contribution in [3.63, 3.8) is 0 Å². The van der Waals surface area contributed by atoms with Gasteiger partial charge in [-0.25, -0.2) is 9.78 Å². The van der Waals surface area contributed by atoms with Crippen LogP contribution in [0.5, 0.6) is 5.75 Å². The number of carbonyl (C=O) groups is 1. The topological polar surface area (TPSA) is 108 Å². The standard InChI is InChI=1S/C32H37N7O2/c1-4-7-28(37-31-16-11-25(19-33)21-34-31)9-6-17-39(32(40)35-20-24-8-5-10-30(18-24)41-3)29-14-12-26(13-15-29)27-22-36-38(2)23-27/h5,8,10-16,18,21-23,28H,4,6-7,9,17,20H2,1-3H3,(H,34,37)(H,35,40)/t28-/m0/s1. The number of hydrogen-bond acceptors (Lipinski definition) is 6. The van der Waals surface area contributed by atoms with Gasteiger partial charge in [-0.15, -0.1) is 0 Å². The lowest BCUT2D eigenvalue weighted by molar-refractivity contribution is 0.245. The molecule has 0 bridgehead atoms. The van der Waals surface area contributed by atoms with Gasteiger partial charge in [0.2, 0.25) is 0 Å². The Kier molecular flexibility index (Phi) is 10.3. The summed E-state index contributed by atoms with van der Waals surface area (Å²) in [6.45, 7) is 3.10. The van der Waals surface area contributed by atoms with Crippen molar-refractivity contribution in [3.05, 3.63) is 90.4 Å². The van der Waals surface area contributed by atoms with E-state index in [4.69, 9.17) is 10.00 Å². The number of methoxy groups -OCH3 is 1. The van der Waals surface area contributed by atoms with Crippen LogP contribution in [-0.2, 0) is 13.6 Å². The fourth-order valence-electron chi connectivity index (χ4n) is 4.70. The minimum Gasteiger partial charge on any atom is -0.497 e. The Morgan fingerprint density at radius 1 is 1.10 bits per heavy atom. The third-order valence-corrected chi connectivity index (χ3v) is 6.86. The summed E-state index contributed by atoms with van der Waals surface area (Å²) in [6.07, 6.45) is 9.04. The molecular formula is C32H37N7O2. The van der Waals surface area contributed by atoms with Crippen LogP contribution in [0.1, 0.15) is 43.7 Å². The summed E-state index contributed by atoms with van der Waals surface area (Å²) >= 11 is 0. The molecule has 9 heteroatoms. The van der Waals surface area contributed by atoms with Crippen molar-refractivity contribution < 1.29 is 9.53 Å². The first-order valence-electron chi connectivity index (χ1n) is 13.9. The summed E-state index contributed by atoms with van der Waals surface area (Å²) < 4.78 is 7.10. The predicted octanol–water partition coefficient (Wildman–Crippen LogP) is 6.14. The molecule has 0 radical (unpaired) electrons. The predicted molar refractivity (Wildman–Crippen MR) is 162 cm³/mol. The van der Waals surface area contributed by atoms with E-state index < -0.39 is 0 Å². The highest BCUT2D eigenvalue weighted by atomic mass is 16.5. The lowest BCUT2D eigenvalue weighted by atomic mass is 10.1.